The minimum atomic E-state index is -0.225. The molecule has 0 spiro atoms. The third kappa shape index (κ3) is 7.64. The molecule has 0 saturated carbocycles. The zero-order valence-electron chi connectivity index (χ0n) is 17.0. The van der Waals surface area contributed by atoms with Gasteiger partial charge in [0.1, 0.15) is 11.0 Å². The van der Waals surface area contributed by atoms with Gasteiger partial charge in [-0.25, -0.2) is 9.37 Å². The average molecular weight is 548 g/mol. The summed E-state index contributed by atoms with van der Waals surface area (Å²) in [6, 6.07) is 10.6. The van der Waals surface area contributed by atoms with Crippen LogP contribution in [0.4, 0.5) is 4.39 Å². The number of hydrogen-bond donors (Lipinski definition) is 2. The molecule has 1 aliphatic heterocycles. The predicted molar refractivity (Wildman–Crippen MR) is 129 cm³/mol. The van der Waals surface area contributed by atoms with E-state index in [2.05, 4.69) is 25.5 Å². The number of hydrogen-bond acceptors (Lipinski definition) is 4. The Morgan fingerprint density at radius 1 is 1.20 bits per heavy atom. The molecule has 0 radical (unpaired) electrons. The number of aromatic nitrogens is 1. The van der Waals surface area contributed by atoms with E-state index in [0.29, 0.717) is 24.9 Å². The zero-order valence-corrected chi connectivity index (χ0v) is 20.1. The van der Waals surface area contributed by atoms with Crippen molar-refractivity contribution in [3.05, 3.63) is 64.7 Å². The van der Waals surface area contributed by atoms with Crippen molar-refractivity contribution in [2.45, 2.75) is 12.5 Å². The van der Waals surface area contributed by atoms with Crippen LogP contribution < -0.4 is 10.6 Å². The van der Waals surface area contributed by atoms with Gasteiger partial charge in [-0.2, -0.15) is 0 Å². The summed E-state index contributed by atoms with van der Waals surface area (Å²) in [6.07, 6.45) is 2.60. The third-order valence-corrected chi connectivity index (χ3v) is 5.15. The number of morpholine rings is 1. The fourth-order valence-electron chi connectivity index (χ4n) is 3.33. The van der Waals surface area contributed by atoms with E-state index in [1.165, 1.54) is 12.1 Å². The zero-order chi connectivity index (χ0) is 20.5. The highest BCUT2D eigenvalue weighted by molar-refractivity contribution is 14.0. The summed E-state index contributed by atoms with van der Waals surface area (Å²) in [5.41, 5.74) is 2.18. The van der Waals surface area contributed by atoms with Gasteiger partial charge in [-0.3, -0.25) is 9.89 Å². The normalized spacial score (nSPS) is 15.9. The number of nitrogens with zero attached hydrogens (tertiary/aromatic N) is 3. The first kappa shape index (κ1) is 24.8. The standard InChI is InChI=1S/C21H27ClFN5O.HI/c1-24-21(25-9-8-16-2-7-20(22)26-14-16)27-15-19(28-10-12-29-13-11-28)17-3-5-18(23)6-4-17;/h2-7,14,19H,8-13,15H2,1H3,(H2,24,25,27);1H. The number of nitrogens with one attached hydrogen (secondary N) is 2. The lowest BCUT2D eigenvalue weighted by Gasteiger charge is -2.35. The maximum atomic E-state index is 13.4. The van der Waals surface area contributed by atoms with Crippen LogP contribution in [0.5, 0.6) is 0 Å². The minimum absolute atomic E-state index is 0. The Balaban J connectivity index is 0.00000320. The summed E-state index contributed by atoms with van der Waals surface area (Å²) < 4.78 is 18.9. The highest BCUT2D eigenvalue weighted by Gasteiger charge is 2.23. The molecule has 30 heavy (non-hydrogen) atoms. The van der Waals surface area contributed by atoms with Gasteiger partial charge in [-0.05, 0) is 35.7 Å². The van der Waals surface area contributed by atoms with Gasteiger partial charge in [-0.15, -0.1) is 24.0 Å². The predicted octanol–water partition coefficient (Wildman–Crippen LogP) is 3.27. The van der Waals surface area contributed by atoms with Crippen molar-refractivity contribution in [3.8, 4) is 0 Å². The van der Waals surface area contributed by atoms with Crippen molar-refractivity contribution >= 4 is 41.5 Å². The third-order valence-electron chi connectivity index (χ3n) is 4.92. The monoisotopic (exact) mass is 547 g/mol. The Hall–Kier alpha value is -1.49. The van der Waals surface area contributed by atoms with Crippen molar-refractivity contribution in [1.29, 1.82) is 0 Å². The van der Waals surface area contributed by atoms with E-state index >= 15 is 0 Å². The Bertz CT molecular complexity index is 785. The van der Waals surface area contributed by atoms with Gasteiger partial charge in [0.2, 0.25) is 0 Å². The van der Waals surface area contributed by atoms with E-state index in [0.717, 1.165) is 43.1 Å². The van der Waals surface area contributed by atoms with Crippen LogP contribution in [0.25, 0.3) is 0 Å². The van der Waals surface area contributed by atoms with Gasteiger partial charge in [0.05, 0.1) is 19.3 Å². The second-order valence-electron chi connectivity index (χ2n) is 6.83. The van der Waals surface area contributed by atoms with E-state index < -0.39 is 0 Å². The quantitative estimate of drug-likeness (QED) is 0.241. The Morgan fingerprint density at radius 3 is 2.57 bits per heavy atom. The molecule has 0 bridgehead atoms. The molecule has 164 valence electrons. The van der Waals surface area contributed by atoms with Crippen molar-refractivity contribution in [2.24, 2.45) is 4.99 Å². The second-order valence-corrected chi connectivity index (χ2v) is 7.22. The molecule has 6 nitrogen and oxygen atoms in total. The van der Waals surface area contributed by atoms with Gasteiger partial charge < -0.3 is 15.4 Å². The first-order valence-electron chi connectivity index (χ1n) is 9.78. The molecule has 3 rings (SSSR count). The first-order valence-corrected chi connectivity index (χ1v) is 10.2. The number of aliphatic imine (C=N–C) groups is 1. The van der Waals surface area contributed by atoms with Gasteiger partial charge in [0.25, 0.3) is 0 Å². The summed E-state index contributed by atoms with van der Waals surface area (Å²) in [6.45, 7) is 4.49. The number of benzene rings is 1. The molecule has 1 aromatic carbocycles. The largest absolute Gasteiger partial charge is 0.379 e. The molecule has 0 amide bonds. The smallest absolute Gasteiger partial charge is 0.191 e. The van der Waals surface area contributed by atoms with Crippen LogP contribution in [0.15, 0.2) is 47.6 Å². The van der Waals surface area contributed by atoms with Crippen LogP contribution in [0.1, 0.15) is 17.2 Å². The molecule has 2 N–H and O–H groups in total. The van der Waals surface area contributed by atoms with Gasteiger partial charge >= 0.3 is 0 Å². The lowest BCUT2D eigenvalue weighted by Crippen LogP contribution is -2.46. The fourth-order valence-corrected chi connectivity index (χ4v) is 3.44. The molecule has 2 heterocycles. The van der Waals surface area contributed by atoms with E-state index in [4.69, 9.17) is 16.3 Å². The lowest BCUT2D eigenvalue weighted by molar-refractivity contribution is 0.0170. The van der Waals surface area contributed by atoms with Crippen LogP contribution >= 0.6 is 35.6 Å². The number of pyridine rings is 1. The lowest BCUT2D eigenvalue weighted by atomic mass is 10.0. The van der Waals surface area contributed by atoms with Crippen LogP contribution in [-0.4, -0.2) is 62.3 Å². The molecule has 1 aromatic heterocycles. The molecule has 1 saturated heterocycles. The number of guanidine groups is 1. The van der Waals surface area contributed by atoms with Gasteiger partial charge in [-0.1, -0.05) is 29.8 Å². The number of ether oxygens (including phenoxy) is 1. The molecule has 2 aromatic rings. The van der Waals surface area contributed by atoms with Crippen molar-refractivity contribution < 1.29 is 9.13 Å². The molecule has 1 atom stereocenters. The Kier molecular flexibility index (Phi) is 10.8. The molecule has 1 aliphatic rings. The van der Waals surface area contributed by atoms with Gasteiger partial charge in [0, 0.05) is 39.4 Å². The van der Waals surface area contributed by atoms with Crippen LogP contribution in [0, 0.1) is 5.82 Å². The summed E-state index contributed by atoms with van der Waals surface area (Å²) >= 11 is 5.82. The van der Waals surface area contributed by atoms with Crippen molar-refractivity contribution in [1.82, 2.24) is 20.5 Å². The molecule has 1 fully saturated rings. The van der Waals surface area contributed by atoms with E-state index in [-0.39, 0.29) is 35.8 Å². The SMILES string of the molecule is CN=C(NCCc1ccc(Cl)nc1)NCC(c1ccc(F)cc1)N1CCOCC1.I. The highest BCUT2D eigenvalue weighted by Crippen LogP contribution is 2.21. The van der Waals surface area contributed by atoms with Crippen LogP contribution in [0.3, 0.4) is 0 Å². The first-order chi connectivity index (χ1) is 14.2. The van der Waals surface area contributed by atoms with E-state index in [1.807, 2.05) is 18.2 Å². The van der Waals surface area contributed by atoms with Crippen molar-refractivity contribution in [3.63, 3.8) is 0 Å². The summed E-state index contributed by atoms with van der Waals surface area (Å²) in [7, 11) is 1.75. The van der Waals surface area contributed by atoms with Gasteiger partial charge in [0.15, 0.2) is 5.96 Å². The molecule has 1 unspecified atom stereocenters. The Morgan fingerprint density at radius 2 is 1.93 bits per heavy atom. The number of rotatable bonds is 7. The molecule has 0 aliphatic carbocycles. The van der Waals surface area contributed by atoms with Crippen LogP contribution in [0.2, 0.25) is 5.15 Å². The Labute approximate surface area is 199 Å². The van der Waals surface area contributed by atoms with Crippen molar-refractivity contribution in [2.75, 3.05) is 46.4 Å². The van der Waals surface area contributed by atoms with Crippen LogP contribution in [-0.2, 0) is 11.2 Å². The molecular weight excluding hydrogens is 520 g/mol. The number of halogens is 3. The second kappa shape index (κ2) is 13.0. The summed E-state index contributed by atoms with van der Waals surface area (Å²) in [5.74, 6) is 0.504. The minimum Gasteiger partial charge on any atom is -0.379 e. The summed E-state index contributed by atoms with van der Waals surface area (Å²) in [5, 5.41) is 7.22. The molecular formula is C21H28ClFIN5O. The maximum Gasteiger partial charge on any atom is 0.191 e. The van der Waals surface area contributed by atoms with E-state index in [1.54, 1.807) is 19.3 Å². The van der Waals surface area contributed by atoms with E-state index in [9.17, 15) is 4.39 Å². The maximum absolute atomic E-state index is 13.4. The average Bonchev–Trinajstić information content (AvgIpc) is 2.76. The molecule has 9 heteroatoms. The summed E-state index contributed by atoms with van der Waals surface area (Å²) in [4.78, 5) is 10.8. The highest BCUT2D eigenvalue weighted by atomic mass is 127. The topological polar surface area (TPSA) is 61.8 Å². The fraction of sp³-hybridized carbons (Fsp3) is 0.429.